The lowest BCUT2D eigenvalue weighted by Gasteiger charge is -2.26. The number of hydrogen-bond acceptors (Lipinski definition) is 9. The Hall–Kier alpha value is -4.32. The maximum absolute atomic E-state index is 14.0. The first-order valence-corrected chi connectivity index (χ1v) is 14.1. The summed E-state index contributed by atoms with van der Waals surface area (Å²) in [5.74, 6) is 1.99. The molecule has 0 aliphatic rings. The molecule has 0 aliphatic heterocycles. The van der Waals surface area contributed by atoms with E-state index in [4.69, 9.17) is 28.4 Å². The van der Waals surface area contributed by atoms with E-state index in [0.29, 0.717) is 42.4 Å². The number of nitrogens with one attached hydrogen (secondary N) is 1. The molecule has 0 aliphatic carbocycles. The van der Waals surface area contributed by atoms with Crippen molar-refractivity contribution in [3.63, 3.8) is 0 Å². The van der Waals surface area contributed by atoms with Gasteiger partial charge in [0.05, 0.1) is 53.2 Å². The number of amides is 1. The van der Waals surface area contributed by atoms with E-state index in [9.17, 15) is 13.2 Å². The van der Waals surface area contributed by atoms with Crippen molar-refractivity contribution in [3.05, 3.63) is 60.2 Å². The highest BCUT2D eigenvalue weighted by Gasteiger charge is 2.31. The summed E-state index contributed by atoms with van der Waals surface area (Å²) in [7, 11) is 4.61. The molecule has 11 nitrogen and oxygen atoms in total. The number of carbonyl (C=O) groups is 1. The third-order valence-electron chi connectivity index (χ3n) is 6.30. The molecule has 3 rings (SSSR count). The van der Waals surface area contributed by atoms with Crippen LogP contribution in [0.15, 0.2) is 59.5 Å². The number of carbonyl (C=O) groups excluding carboxylic acids is 1. The molecular weight excluding hydrogens is 552 g/mol. The third-order valence-corrected chi connectivity index (χ3v) is 8.05. The van der Waals surface area contributed by atoms with Crippen LogP contribution in [-0.2, 0) is 21.2 Å². The number of benzene rings is 3. The molecule has 1 N–H and O–H groups in total. The van der Waals surface area contributed by atoms with Crippen molar-refractivity contribution in [3.8, 4) is 34.5 Å². The van der Waals surface area contributed by atoms with E-state index in [-0.39, 0.29) is 22.1 Å². The van der Waals surface area contributed by atoms with E-state index < -0.39 is 22.5 Å². The van der Waals surface area contributed by atoms with Crippen LogP contribution < -0.4 is 38.0 Å². The van der Waals surface area contributed by atoms with Crippen LogP contribution in [-0.4, -0.2) is 70.1 Å². The third kappa shape index (κ3) is 7.46. The summed E-state index contributed by atoms with van der Waals surface area (Å²) in [6, 6.07) is 14.6. The average Bonchev–Trinajstić information content (AvgIpc) is 3.00. The molecule has 0 heterocycles. The van der Waals surface area contributed by atoms with Crippen molar-refractivity contribution >= 4 is 21.6 Å². The largest absolute Gasteiger partial charge is 0.497 e. The van der Waals surface area contributed by atoms with Gasteiger partial charge in [-0.15, -0.1) is 0 Å². The summed E-state index contributed by atoms with van der Waals surface area (Å²) in [6.45, 7) is -0.177. The second-order valence-corrected chi connectivity index (χ2v) is 10.6. The summed E-state index contributed by atoms with van der Waals surface area (Å²) in [5.41, 5.74) is 1.15. The summed E-state index contributed by atoms with van der Waals surface area (Å²) in [5, 5.41) is 2.82. The molecule has 0 aromatic heterocycles. The number of methoxy groups -OCH3 is 6. The average molecular weight is 589 g/mol. The van der Waals surface area contributed by atoms with Gasteiger partial charge in [-0.25, -0.2) is 8.42 Å². The first-order chi connectivity index (χ1) is 19.7. The van der Waals surface area contributed by atoms with Crippen LogP contribution in [0.2, 0.25) is 0 Å². The Morgan fingerprint density at radius 2 is 1.29 bits per heavy atom. The van der Waals surface area contributed by atoms with Gasteiger partial charge in [0.1, 0.15) is 18.0 Å². The lowest BCUT2D eigenvalue weighted by molar-refractivity contribution is -0.119. The van der Waals surface area contributed by atoms with Crippen molar-refractivity contribution in [1.29, 1.82) is 0 Å². The number of hydrogen-bond donors (Lipinski definition) is 1. The van der Waals surface area contributed by atoms with E-state index in [2.05, 4.69) is 5.32 Å². The molecule has 0 saturated heterocycles. The lowest BCUT2D eigenvalue weighted by Crippen LogP contribution is -2.41. The summed E-state index contributed by atoms with van der Waals surface area (Å²) in [4.78, 5) is 13.0. The predicted molar refractivity (Wildman–Crippen MR) is 155 cm³/mol. The van der Waals surface area contributed by atoms with E-state index in [0.717, 1.165) is 9.87 Å². The highest BCUT2D eigenvalue weighted by molar-refractivity contribution is 7.92. The van der Waals surface area contributed by atoms with Crippen LogP contribution in [0.1, 0.15) is 12.0 Å². The molecule has 222 valence electrons. The second kappa shape index (κ2) is 14.4. The van der Waals surface area contributed by atoms with Crippen LogP contribution >= 0.6 is 0 Å². The molecule has 0 saturated carbocycles. The summed E-state index contributed by atoms with van der Waals surface area (Å²) in [6.07, 6.45) is 1.28. The van der Waals surface area contributed by atoms with Gasteiger partial charge in [0.25, 0.3) is 10.0 Å². The van der Waals surface area contributed by atoms with Gasteiger partial charge < -0.3 is 33.7 Å². The first kappa shape index (κ1) is 31.2. The normalized spacial score (nSPS) is 10.9. The molecule has 0 unspecified atom stereocenters. The van der Waals surface area contributed by atoms with Crippen molar-refractivity contribution in [2.45, 2.75) is 17.7 Å². The zero-order valence-corrected chi connectivity index (χ0v) is 24.9. The van der Waals surface area contributed by atoms with Crippen LogP contribution in [0.25, 0.3) is 0 Å². The maximum Gasteiger partial charge on any atom is 0.265 e. The minimum Gasteiger partial charge on any atom is -0.497 e. The Balaban J connectivity index is 1.84. The number of anilines is 1. The Morgan fingerprint density at radius 3 is 1.90 bits per heavy atom. The van der Waals surface area contributed by atoms with Gasteiger partial charge in [-0.2, -0.15) is 0 Å². The predicted octanol–water partition coefficient (Wildman–Crippen LogP) is 3.68. The maximum atomic E-state index is 14.0. The van der Waals surface area contributed by atoms with E-state index in [1.54, 1.807) is 26.4 Å². The first-order valence-electron chi connectivity index (χ1n) is 12.7. The zero-order chi connectivity index (χ0) is 30.0. The smallest absolute Gasteiger partial charge is 0.265 e. The highest BCUT2D eigenvalue weighted by Crippen LogP contribution is 2.37. The fraction of sp³-hybridized carbons (Fsp3) is 0.345. The lowest BCUT2D eigenvalue weighted by atomic mass is 10.1. The molecule has 3 aromatic rings. The molecule has 3 aromatic carbocycles. The SMILES string of the molecule is COc1ccc(OC)c(N(CC(=O)NCCCc2ccc(OC)c(OC)c2)S(=O)(=O)c2ccc(OC)c(OC)c2)c1. The van der Waals surface area contributed by atoms with E-state index >= 15 is 0 Å². The Kier molecular flexibility index (Phi) is 10.9. The molecule has 0 bridgehead atoms. The molecule has 0 spiro atoms. The van der Waals surface area contributed by atoms with Crippen molar-refractivity contribution in [2.75, 3.05) is 60.1 Å². The van der Waals surface area contributed by atoms with Gasteiger partial charge in [-0.3, -0.25) is 9.10 Å². The van der Waals surface area contributed by atoms with Crippen molar-refractivity contribution in [1.82, 2.24) is 5.32 Å². The fourth-order valence-electron chi connectivity index (χ4n) is 4.14. The Bertz CT molecular complexity index is 1440. The Labute approximate surface area is 240 Å². The summed E-state index contributed by atoms with van der Waals surface area (Å²) < 4.78 is 60.8. The van der Waals surface area contributed by atoms with Crippen molar-refractivity contribution < 1.29 is 41.6 Å². The van der Waals surface area contributed by atoms with Gasteiger partial charge >= 0.3 is 0 Å². The van der Waals surface area contributed by atoms with Crippen LogP contribution in [0.4, 0.5) is 5.69 Å². The van der Waals surface area contributed by atoms with Gasteiger partial charge in [-0.1, -0.05) is 6.07 Å². The number of aryl methyl sites for hydroxylation is 1. The zero-order valence-electron chi connectivity index (χ0n) is 24.1. The summed E-state index contributed by atoms with van der Waals surface area (Å²) >= 11 is 0. The standard InChI is InChI=1S/C29H36N2O9S/c1-35-21-10-13-24(36-2)23(17-21)31(41(33,34)22-11-14-26(38-4)28(18-22)40-6)19-29(32)30-15-7-8-20-9-12-25(37-3)27(16-20)39-5/h9-14,16-18H,7-8,15,19H2,1-6H3,(H,30,32). The van der Waals surface area contributed by atoms with Crippen LogP contribution in [0.5, 0.6) is 34.5 Å². The topological polar surface area (TPSA) is 122 Å². The molecule has 0 radical (unpaired) electrons. The highest BCUT2D eigenvalue weighted by atomic mass is 32.2. The van der Waals surface area contributed by atoms with Gasteiger partial charge in [0.2, 0.25) is 5.91 Å². The Morgan fingerprint density at radius 1 is 0.707 bits per heavy atom. The molecular formula is C29H36N2O9S. The molecule has 0 atom stereocenters. The minimum absolute atomic E-state index is 0.0960. The minimum atomic E-state index is -4.28. The molecule has 0 fully saturated rings. The number of ether oxygens (including phenoxy) is 6. The number of sulfonamides is 1. The quantitative estimate of drug-likeness (QED) is 0.265. The van der Waals surface area contributed by atoms with Crippen LogP contribution in [0.3, 0.4) is 0 Å². The molecule has 41 heavy (non-hydrogen) atoms. The van der Waals surface area contributed by atoms with E-state index in [1.807, 2.05) is 18.2 Å². The van der Waals surface area contributed by atoms with Crippen molar-refractivity contribution in [2.24, 2.45) is 0 Å². The van der Waals surface area contributed by atoms with Gasteiger partial charge in [0.15, 0.2) is 23.0 Å². The van der Waals surface area contributed by atoms with Gasteiger partial charge in [0, 0.05) is 18.7 Å². The van der Waals surface area contributed by atoms with E-state index in [1.165, 1.54) is 52.7 Å². The van der Waals surface area contributed by atoms with Crippen LogP contribution in [0, 0.1) is 0 Å². The second-order valence-electron chi connectivity index (χ2n) is 8.71. The molecule has 12 heteroatoms. The monoisotopic (exact) mass is 588 g/mol. The van der Waals surface area contributed by atoms with Gasteiger partial charge in [-0.05, 0) is 54.8 Å². The number of rotatable bonds is 15. The molecule has 1 amide bonds. The fourth-order valence-corrected chi connectivity index (χ4v) is 5.58. The number of nitrogens with zero attached hydrogens (tertiary/aromatic N) is 1.